The molecule has 0 N–H and O–H groups in total. The van der Waals surface area contributed by atoms with E-state index in [-0.39, 0.29) is 29.3 Å². The summed E-state index contributed by atoms with van der Waals surface area (Å²) in [5.74, 6) is 3.94. The summed E-state index contributed by atoms with van der Waals surface area (Å²) < 4.78 is 6.13. The Morgan fingerprint density at radius 3 is 2.47 bits per heavy atom. The predicted octanol–water partition coefficient (Wildman–Crippen LogP) is 10.4. The van der Waals surface area contributed by atoms with Gasteiger partial charge >= 0.3 is 5.97 Å². The van der Waals surface area contributed by atoms with Crippen LogP contribution in [0.25, 0.3) is 0 Å². The van der Waals surface area contributed by atoms with Gasteiger partial charge in [0, 0.05) is 13.0 Å². The Morgan fingerprint density at radius 2 is 1.70 bits per heavy atom. The smallest absolute Gasteiger partial charge is 0.338 e. The Hall–Kier alpha value is -2.43. The molecule has 47 heavy (non-hydrogen) atoms. The zero-order valence-electron chi connectivity index (χ0n) is 30.2. The largest absolute Gasteiger partial charge is 0.458 e. The minimum atomic E-state index is -0.384. The van der Waals surface area contributed by atoms with Crippen molar-refractivity contribution in [3.05, 3.63) is 46.5 Å². The normalized spacial score (nSPS) is 33.6. The Morgan fingerprint density at radius 1 is 0.915 bits per heavy atom. The Kier molecular flexibility index (Phi) is 10.1. The minimum absolute atomic E-state index is 0.143. The second-order valence-electron chi connectivity index (χ2n) is 17.1. The third-order valence-electron chi connectivity index (χ3n) is 14.0. The molecule has 5 aliphatic rings. The maximum Gasteiger partial charge on any atom is 0.338 e. The summed E-state index contributed by atoms with van der Waals surface area (Å²) in [4.78, 5) is 40.7. The number of carbonyl (C=O) groups is 3. The second-order valence-corrected chi connectivity index (χ2v) is 17.1. The zero-order valence-corrected chi connectivity index (χ0v) is 30.2. The van der Waals surface area contributed by atoms with Crippen molar-refractivity contribution in [2.75, 3.05) is 6.54 Å². The first-order chi connectivity index (χ1) is 22.5. The molecule has 1 aliphatic heterocycles. The van der Waals surface area contributed by atoms with Crippen LogP contribution in [0.5, 0.6) is 0 Å². The number of rotatable bonds is 12. The lowest BCUT2D eigenvalue weighted by Gasteiger charge is -2.58. The highest BCUT2D eigenvalue weighted by atomic mass is 16.5. The standard InChI is InChI=1S/C42H61NO4/c1-7-8-9-10-24-43-38(44)32-16-14-29(25-34(32)39(43)45)40(46)47-31-20-22-41(5)30(26-31)15-17-33-36-19-18-35(28(4)13-11-12-27(2)3)42(36,6)23-21-37(33)41/h14-16,25,27-28,31,33,35-37H,7-13,17-24,26H2,1-6H3/t28-,31?,33+,35-,36+,37+,41+,42-/m1/s1. The molecular weight excluding hydrogens is 582 g/mol. The molecule has 3 saturated carbocycles. The molecule has 1 aromatic carbocycles. The van der Waals surface area contributed by atoms with Crippen LogP contribution in [-0.4, -0.2) is 35.3 Å². The highest BCUT2D eigenvalue weighted by Crippen LogP contribution is 2.67. The summed E-state index contributed by atoms with van der Waals surface area (Å²) in [6.07, 6.45) is 20.0. The van der Waals surface area contributed by atoms with Crippen molar-refractivity contribution in [1.82, 2.24) is 4.90 Å². The highest BCUT2D eigenvalue weighted by molar-refractivity contribution is 6.21. The molecule has 5 heteroatoms. The average molecular weight is 644 g/mol. The number of fused-ring (bicyclic) bond motifs is 6. The third kappa shape index (κ3) is 6.39. The number of allylic oxidation sites excluding steroid dienone is 1. The van der Waals surface area contributed by atoms with Crippen molar-refractivity contribution in [1.29, 1.82) is 0 Å². The van der Waals surface area contributed by atoms with Gasteiger partial charge in [-0.1, -0.05) is 91.7 Å². The van der Waals surface area contributed by atoms with Gasteiger partial charge in [0.25, 0.3) is 11.8 Å². The van der Waals surface area contributed by atoms with E-state index in [0.717, 1.165) is 80.5 Å². The number of unbranched alkanes of at least 4 members (excludes halogenated alkanes) is 3. The molecule has 5 nitrogen and oxygen atoms in total. The van der Waals surface area contributed by atoms with Crippen molar-refractivity contribution >= 4 is 17.8 Å². The van der Waals surface area contributed by atoms with Gasteiger partial charge in [-0.15, -0.1) is 0 Å². The van der Waals surface area contributed by atoms with Gasteiger partial charge in [-0.2, -0.15) is 0 Å². The minimum Gasteiger partial charge on any atom is -0.458 e. The highest BCUT2D eigenvalue weighted by Gasteiger charge is 2.59. The molecule has 2 amide bonds. The first-order valence-corrected chi connectivity index (χ1v) is 19.4. The van der Waals surface area contributed by atoms with Crippen LogP contribution in [0.4, 0.5) is 0 Å². The fourth-order valence-electron chi connectivity index (χ4n) is 11.3. The van der Waals surface area contributed by atoms with E-state index in [2.05, 4.69) is 47.6 Å². The molecule has 1 unspecified atom stereocenters. The number of hydrogen-bond acceptors (Lipinski definition) is 4. The first-order valence-electron chi connectivity index (χ1n) is 19.4. The molecule has 1 aromatic rings. The van der Waals surface area contributed by atoms with Gasteiger partial charge in [-0.05, 0) is 116 Å². The maximum absolute atomic E-state index is 13.4. The van der Waals surface area contributed by atoms with Crippen LogP contribution in [0.3, 0.4) is 0 Å². The number of nitrogens with zero attached hydrogens (tertiary/aromatic N) is 1. The zero-order chi connectivity index (χ0) is 33.5. The Balaban J connectivity index is 1.08. The number of benzene rings is 1. The Bertz CT molecular complexity index is 1380. The van der Waals surface area contributed by atoms with Crippen molar-refractivity contribution in [3.63, 3.8) is 0 Å². The lowest BCUT2D eigenvalue weighted by molar-refractivity contribution is -0.0594. The fraction of sp³-hybridized carbons (Fsp3) is 0.738. The monoisotopic (exact) mass is 643 g/mol. The summed E-state index contributed by atoms with van der Waals surface area (Å²) in [5.41, 5.74) is 3.30. The van der Waals surface area contributed by atoms with Crippen LogP contribution in [0.1, 0.15) is 169 Å². The van der Waals surface area contributed by atoms with Gasteiger partial charge in [-0.25, -0.2) is 4.79 Å². The van der Waals surface area contributed by atoms with E-state index in [4.69, 9.17) is 4.74 Å². The quantitative estimate of drug-likeness (QED) is 0.0984. The van der Waals surface area contributed by atoms with E-state index in [1.165, 1.54) is 61.8 Å². The van der Waals surface area contributed by atoms with Crippen molar-refractivity contribution in [2.45, 2.75) is 144 Å². The molecule has 258 valence electrons. The van der Waals surface area contributed by atoms with Crippen molar-refractivity contribution in [2.24, 2.45) is 46.3 Å². The van der Waals surface area contributed by atoms with E-state index in [0.29, 0.717) is 28.7 Å². The molecule has 6 rings (SSSR count). The first kappa shape index (κ1) is 34.4. The van der Waals surface area contributed by atoms with Crippen LogP contribution in [-0.2, 0) is 4.74 Å². The van der Waals surface area contributed by atoms with Gasteiger partial charge in [-0.3, -0.25) is 14.5 Å². The molecule has 3 fully saturated rings. The van der Waals surface area contributed by atoms with Crippen LogP contribution in [0, 0.1) is 46.3 Å². The van der Waals surface area contributed by atoms with Crippen molar-refractivity contribution in [3.8, 4) is 0 Å². The fourth-order valence-corrected chi connectivity index (χ4v) is 11.3. The topological polar surface area (TPSA) is 63.7 Å². The van der Waals surface area contributed by atoms with E-state index in [1.54, 1.807) is 18.2 Å². The van der Waals surface area contributed by atoms with E-state index < -0.39 is 0 Å². The molecule has 0 aromatic heterocycles. The average Bonchev–Trinajstić information content (AvgIpc) is 3.52. The van der Waals surface area contributed by atoms with Gasteiger partial charge < -0.3 is 4.74 Å². The molecular formula is C42H61NO4. The van der Waals surface area contributed by atoms with Gasteiger partial charge in [0.05, 0.1) is 16.7 Å². The molecule has 0 radical (unpaired) electrons. The molecule has 0 saturated heterocycles. The summed E-state index contributed by atoms with van der Waals surface area (Å²) >= 11 is 0. The number of hydrogen-bond donors (Lipinski definition) is 0. The number of esters is 1. The number of carbonyl (C=O) groups excluding carboxylic acids is 3. The summed E-state index contributed by atoms with van der Waals surface area (Å²) in [7, 11) is 0. The third-order valence-corrected chi connectivity index (χ3v) is 14.0. The lowest BCUT2D eigenvalue weighted by atomic mass is 9.47. The number of ether oxygens (including phenoxy) is 1. The number of imide groups is 1. The van der Waals surface area contributed by atoms with E-state index >= 15 is 0 Å². The lowest BCUT2D eigenvalue weighted by Crippen LogP contribution is -2.51. The predicted molar refractivity (Wildman–Crippen MR) is 188 cm³/mol. The van der Waals surface area contributed by atoms with Crippen LogP contribution in [0.15, 0.2) is 29.8 Å². The number of amides is 2. The van der Waals surface area contributed by atoms with Crippen LogP contribution in [0.2, 0.25) is 0 Å². The SMILES string of the molecule is CCCCCCN1C(=O)c2ccc(C(=O)OC3CC[C@@]4(C)C(=CC[C@H]5[C@@H]6CC[C@H]([C@H](C)CCCC(C)C)[C@@]6(C)CC[C@@H]54)C3)cc2C1=O. The molecule has 1 heterocycles. The maximum atomic E-state index is 13.4. The molecule has 0 spiro atoms. The van der Waals surface area contributed by atoms with Crippen LogP contribution >= 0.6 is 0 Å². The Labute approximate surface area is 284 Å². The molecule has 0 bridgehead atoms. The van der Waals surface area contributed by atoms with E-state index in [9.17, 15) is 14.4 Å². The van der Waals surface area contributed by atoms with Gasteiger partial charge in [0.2, 0.25) is 0 Å². The van der Waals surface area contributed by atoms with Gasteiger partial charge in [0.1, 0.15) is 6.10 Å². The van der Waals surface area contributed by atoms with Crippen LogP contribution < -0.4 is 0 Å². The van der Waals surface area contributed by atoms with Crippen molar-refractivity contribution < 1.29 is 19.1 Å². The summed E-state index contributed by atoms with van der Waals surface area (Å²) in [6, 6.07) is 4.88. The van der Waals surface area contributed by atoms with E-state index in [1.807, 2.05) is 0 Å². The molecule has 4 aliphatic carbocycles. The van der Waals surface area contributed by atoms with Gasteiger partial charge in [0.15, 0.2) is 0 Å². The molecule has 8 atom stereocenters. The second kappa shape index (κ2) is 13.8. The summed E-state index contributed by atoms with van der Waals surface area (Å²) in [6.45, 7) is 15.0. The summed E-state index contributed by atoms with van der Waals surface area (Å²) in [5, 5.41) is 0.